The molecule has 23 nitrogen and oxygen atoms in total. The fraction of sp³-hybridized carbons (Fsp3) is 0.429. The molecule has 0 aliphatic rings. The van der Waals surface area contributed by atoms with Gasteiger partial charge in [-0.15, -0.1) is 0 Å². The molecule has 0 saturated carbocycles. The molecule has 1 aromatic carbocycles. The first-order valence-corrected chi connectivity index (χ1v) is 18.6. The van der Waals surface area contributed by atoms with Crippen LogP contribution in [0.4, 0.5) is 11.6 Å². The van der Waals surface area contributed by atoms with Crippen molar-refractivity contribution in [2.24, 2.45) is 11.7 Å². The lowest BCUT2D eigenvalue weighted by atomic mass is 9.94. The number of thiol groups is 1. The summed E-state index contributed by atoms with van der Waals surface area (Å²) in [5.74, 6) is -9.15. The highest BCUT2D eigenvalue weighted by Gasteiger charge is 2.28. The Morgan fingerprint density at radius 1 is 0.864 bits per heavy atom. The molecule has 0 radical (unpaired) electrons. The number of nitrogens with zero attached hydrogens (tertiary/aromatic N) is 3. The van der Waals surface area contributed by atoms with Gasteiger partial charge in [0.25, 0.3) is 11.5 Å². The summed E-state index contributed by atoms with van der Waals surface area (Å²) in [4.78, 5) is 125. The molecule has 0 bridgehead atoms. The number of ketones is 1. The number of hydrogen-bond donors (Lipinski definition) is 12. The highest BCUT2D eigenvalue weighted by atomic mass is 32.1. The van der Waals surface area contributed by atoms with Gasteiger partial charge in [-0.3, -0.25) is 43.3 Å². The van der Waals surface area contributed by atoms with Crippen molar-refractivity contribution in [3.8, 4) is 0 Å². The van der Waals surface area contributed by atoms with E-state index in [1.54, 1.807) is 19.1 Å². The van der Waals surface area contributed by atoms with Gasteiger partial charge < -0.3 is 53.4 Å². The van der Waals surface area contributed by atoms with Crippen LogP contribution in [0.2, 0.25) is 0 Å². The van der Waals surface area contributed by atoms with Crippen LogP contribution in [0, 0.1) is 5.92 Å². The zero-order chi connectivity index (χ0) is 43.8. The number of Topliss-reactive ketones (excluding diaryl/α,β-unsaturated/α-hetero) is 1. The van der Waals surface area contributed by atoms with Crippen LogP contribution in [0.25, 0.3) is 11.2 Å². The number of fused-ring (bicyclic) bond motifs is 1. The monoisotopic (exact) mass is 843 g/mol. The van der Waals surface area contributed by atoms with Crippen LogP contribution >= 0.6 is 12.6 Å². The number of aliphatic carboxylic acids is 3. The van der Waals surface area contributed by atoms with Crippen molar-refractivity contribution in [1.29, 1.82) is 0 Å². The Hall–Kier alpha value is -6.69. The number of anilines is 2. The van der Waals surface area contributed by atoms with Gasteiger partial charge in [-0.25, -0.2) is 14.8 Å². The maximum Gasteiger partial charge on any atom is 0.326 e. The second-order valence-corrected chi connectivity index (χ2v) is 13.7. The first-order chi connectivity index (χ1) is 27.9. The molecule has 0 aliphatic carbocycles. The molecule has 2 heterocycles. The molecule has 2 aromatic heterocycles. The molecule has 24 heteroatoms. The Kier molecular flexibility index (Phi) is 17.6. The van der Waals surface area contributed by atoms with Gasteiger partial charge in [0.1, 0.15) is 23.9 Å². The molecule has 3 aromatic rings. The van der Waals surface area contributed by atoms with Gasteiger partial charge in [-0.2, -0.15) is 17.6 Å². The van der Waals surface area contributed by atoms with Gasteiger partial charge in [-0.05, 0) is 44.0 Å². The smallest absolute Gasteiger partial charge is 0.326 e. The van der Waals surface area contributed by atoms with E-state index in [9.17, 15) is 53.4 Å². The number of benzene rings is 1. The number of carboxylic acids is 3. The summed E-state index contributed by atoms with van der Waals surface area (Å²) < 4.78 is 0. The van der Waals surface area contributed by atoms with Gasteiger partial charge in [0.2, 0.25) is 23.7 Å². The molecule has 0 saturated heterocycles. The first-order valence-electron chi connectivity index (χ1n) is 18.0. The molecule has 13 N–H and O–H groups in total. The van der Waals surface area contributed by atoms with E-state index in [0.29, 0.717) is 11.4 Å². The molecule has 3 rings (SSSR count). The molecule has 5 atom stereocenters. The second-order valence-electron chi connectivity index (χ2n) is 13.3. The fourth-order valence-electron chi connectivity index (χ4n) is 5.24. The standard InChI is InChI=1S/C35H45N11O12S/c1-16(15-59)41-31(53)24(11-26(49)50)44-30(52)22(36)14-39-25(48)9-4-18(33(55)56)10-21(47)7-8-23(34(57)58)43-29(51)17-2-5-19(6-3-17)38-12-20-13-40-28-27(42-20)32(54)46-35(37)45-28/h2-3,5-6,13,16,18,22-24,38,59H,4,7-12,14-15,36H2,1H3,(H,39,48)(H,41,53)(H,43,51)(H,44,52)(H,49,50)(H,55,56)(H,57,58)(H3,37,40,45,46,54)/t16-,18-,22+,23+,24+/m1/s1. The summed E-state index contributed by atoms with van der Waals surface area (Å²) in [6, 6.07) is 1.16. The lowest BCUT2D eigenvalue weighted by Gasteiger charge is -2.21. The topological polar surface area (TPSA) is 381 Å². The van der Waals surface area contributed by atoms with Crippen molar-refractivity contribution >= 4 is 82.7 Å². The van der Waals surface area contributed by atoms with Crippen LogP contribution in [0.3, 0.4) is 0 Å². The van der Waals surface area contributed by atoms with E-state index in [4.69, 9.17) is 16.6 Å². The third-order valence-corrected chi connectivity index (χ3v) is 9.04. The van der Waals surface area contributed by atoms with Crippen LogP contribution in [0.15, 0.2) is 35.3 Å². The van der Waals surface area contributed by atoms with E-state index >= 15 is 0 Å². The number of nitrogens with two attached hydrogens (primary N) is 2. The zero-order valence-corrected chi connectivity index (χ0v) is 32.5. The number of carboxylic acid groups (broad SMARTS) is 3. The number of carbonyl (C=O) groups excluding carboxylic acids is 5. The van der Waals surface area contributed by atoms with Gasteiger partial charge in [0.05, 0.1) is 30.8 Å². The molecule has 0 fully saturated rings. The number of H-pyrrole nitrogens is 1. The third kappa shape index (κ3) is 15.3. The van der Waals surface area contributed by atoms with Crippen LogP contribution in [0.5, 0.6) is 0 Å². The Balaban J connectivity index is 1.44. The summed E-state index contributed by atoms with van der Waals surface area (Å²) >= 11 is 4.03. The minimum atomic E-state index is -1.50. The van der Waals surface area contributed by atoms with Crippen molar-refractivity contribution < 1.29 is 53.7 Å². The summed E-state index contributed by atoms with van der Waals surface area (Å²) in [5.41, 5.74) is 11.9. The largest absolute Gasteiger partial charge is 0.481 e. The predicted octanol–water partition coefficient (Wildman–Crippen LogP) is -1.85. The van der Waals surface area contributed by atoms with E-state index < -0.39 is 115 Å². The molecule has 4 amide bonds. The number of carbonyl (C=O) groups is 8. The van der Waals surface area contributed by atoms with E-state index in [0.717, 1.165) is 0 Å². The average molecular weight is 844 g/mol. The Morgan fingerprint density at radius 2 is 1.56 bits per heavy atom. The number of nitrogen functional groups attached to an aromatic ring is 1. The van der Waals surface area contributed by atoms with Crippen LogP contribution in [0.1, 0.15) is 61.5 Å². The van der Waals surface area contributed by atoms with E-state index in [-0.39, 0.29) is 47.8 Å². The fourth-order valence-corrected chi connectivity index (χ4v) is 5.34. The van der Waals surface area contributed by atoms with Crippen molar-refractivity contribution in [2.45, 2.75) is 76.2 Å². The van der Waals surface area contributed by atoms with Gasteiger partial charge in [0, 0.05) is 48.9 Å². The molecular weight excluding hydrogens is 799 g/mol. The van der Waals surface area contributed by atoms with Gasteiger partial charge in [0.15, 0.2) is 11.2 Å². The van der Waals surface area contributed by atoms with Crippen LogP contribution in [-0.4, -0.2) is 119 Å². The Labute approximate surface area is 340 Å². The van der Waals surface area contributed by atoms with Crippen molar-refractivity contribution in [3.63, 3.8) is 0 Å². The van der Waals surface area contributed by atoms with E-state index in [2.05, 4.69) is 59.1 Å². The van der Waals surface area contributed by atoms with Gasteiger partial charge in [-0.1, -0.05) is 0 Å². The Bertz CT molecular complexity index is 2100. The van der Waals surface area contributed by atoms with E-state index in [1.165, 1.54) is 18.3 Å². The lowest BCUT2D eigenvalue weighted by Crippen LogP contribution is -2.55. The minimum Gasteiger partial charge on any atom is -0.481 e. The minimum absolute atomic E-state index is 0.00281. The maximum absolute atomic E-state index is 12.9. The molecular formula is C35H45N11O12S. The number of nitrogens with one attached hydrogen (secondary N) is 6. The second kappa shape index (κ2) is 22.3. The number of rotatable bonds is 24. The van der Waals surface area contributed by atoms with Crippen LogP contribution < -0.4 is 43.6 Å². The summed E-state index contributed by atoms with van der Waals surface area (Å²) in [6.07, 6.45) is -1.31. The normalized spacial score (nSPS) is 13.5. The van der Waals surface area contributed by atoms with Crippen molar-refractivity contribution in [3.05, 3.63) is 52.1 Å². The highest BCUT2D eigenvalue weighted by molar-refractivity contribution is 7.80. The quantitative estimate of drug-likeness (QED) is 0.0440. The average Bonchev–Trinajstić information content (AvgIpc) is 3.18. The number of aromatic amines is 1. The van der Waals surface area contributed by atoms with Gasteiger partial charge >= 0.3 is 17.9 Å². The van der Waals surface area contributed by atoms with E-state index in [1.807, 2.05) is 0 Å². The number of aromatic nitrogens is 4. The highest BCUT2D eigenvalue weighted by Crippen LogP contribution is 2.16. The van der Waals surface area contributed by atoms with Crippen LogP contribution in [-0.2, 0) is 40.1 Å². The number of hydrogen-bond acceptors (Lipinski definition) is 16. The molecule has 318 valence electrons. The summed E-state index contributed by atoms with van der Waals surface area (Å²) in [6.45, 7) is 1.32. The maximum atomic E-state index is 12.9. The summed E-state index contributed by atoms with van der Waals surface area (Å²) in [5, 5.41) is 40.9. The van der Waals surface area contributed by atoms with Crippen molar-refractivity contribution in [1.82, 2.24) is 41.2 Å². The molecule has 59 heavy (non-hydrogen) atoms. The predicted molar refractivity (Wildman–Crippen MR) is 211 cm³/mol. The lowest BCUT2D eigenvalue weighted by molar-refractivity contribution is -0.144. The third-order valence-electron chi connectivity index (χ3n) is 8.50. The first kappa shape index (κ1) is 46.7. The SMILES string of the molecule is C[C@H](CS)NC(=O)[C@H](CC(=O)O)NC(=O)[C@@H](N)CNC(=O)CC[C@H](CC(=O)CC[C@H](NC(=O)c1ccc(NCc2cnc3nc(N)[nH]c(=O)c3n2)cc1)C(=O)O)C(=O)O. The molecule has 0 spiro atoms. The van der Waals surface area contributed by atoms with Crippen molar-refractivity contribution in [2.75, 3.05) is 23.3 Å². The number of amides is 4. The molecule has 0 unspecified atom stereocenters. The Morgan fingerprint density at radius 3 is 2.19 bits per heavy atom. The zero-order valence-electron chi connectivity index (χ0n) is 31.6. The summed E-state index contributed by atoms with van der Waals surface area (Å²) in [7, 11) is 0. The molecule has 0 aliphatic heterocycles.